The van der Waals surface area contributed by atoms with Crippen LogP contribution in [0.2, 0.25) is 0 Å². The van der Waals surface area contributed by atoms with Gasteiger partial charge in [-0.3, -0.25) is 0 Å². The minimum atomic E-state index is -0.695. The van der Waals surface area contributed by atoms with Gasteiger partial charge in [-0.15, -0.1) is 26.3 Å². The van der Waals surface area contributed by atoms with E-state index in [2.05, 4.69) is 48.9 Å². The summed E-state index contributed by atoms with van der Waals surface area (Å²) in [7, 11) is 0. The zero-order chi connectivity index (χ0) is 11.8. The van der Waals surface area contributed by atoms with Gasteiger partial charge < -0.3 is 9.47 Å². The monoisotopic (exact) mass is 198 g/mol. The summed E-state index contributed by atoms with van der Waals surface area (Å²) in [4.78, 5) is 10.4. The van der Waals surface area contributed by atoms with Gasteiger partial charge in [-0.25, -0.2) is 4.79 Å². The summed E-state index contributed by atoms with van der Waals surface area (Å²) >= 11 is 0. The Morgan fingerprint density at radius 3 is 1.43 bits per heavy atom. The van der Waals surface area contributed by atoms with E-state index in [1.54, 1.807) is 0 Å². The Balaban J connectivity index is -0.000000266. The van der Waals surface area contributed by atoms with Crippen LogP contribution >= 0.6 is 0 Å². The molecule has 0 aliphatic carbocycles. The Morgan fingerprint density at radius 2 is 1.21 bits per heavy atom. The van der Waals surface area contributed by atoms with Gasteiger partial charge in [0.1, 0.15) is 13.2 Å². The van der Waals surface area contributed by atoms with Gasteiger partial charge in [-0.1, -0.05) is 25.3 Å². The van der Waals surface area contributed by atoms with Gasteiger partial charge in [0.2, 0.25) is 0 Å². The Bertz CT molecular complexity index is 137. The highest BCUT2D eigenvalue weighted by atomic mass is 16.7. The number of hydrogen-bond acceptors (Lipinski definition) is 3. The van der Waals surface area contributed by atoms with Crippen LogP contribution in [-0.2, 0) is 9.47 Å². The topological polar surface area (TPSA) is 35.5 Å². The Labute approximate surface area is 86.0 Å². The van der Waals surface area contributed by atoms with Crippen LogP contribution in [0.25, 0.3) is 0 Å². The van der Waals surface area contributed by atoms with E-state index in [0.717, 1.165) is 0 Å². The van der Waals surface area contributed by atoms with E-state index < -0.39 is 6.16 Å². The third-order valence-corrected chi connectivity index (χ3v) is 0.638. The van der Waals surface area contributed by atoms with E-state index >= 15 is 0 Å². The average Bonchev–Trinajstić information content (AvgIpc) is 2.29. The van der Waals surface area contributed by atoms with Crippen LogP contribution in [0.15, 0.2) is 51.6 Å². The average molecular weight is 198 g/mol. The molecular formula is C11H18O3. The molecule has 0 radical (unpaired) electrons. The molecule has 0 amide bonds. The third-order valence-electron chi connectivity index (χ3n) is 0.638. The van der Waals surface area contributed by atoms with E-state index in [9.17, 15) is 4.79 Å². The summed E-state index contributed by atoms with van der Waals surface area (Å²) in [6, 6.07) is 0. The van der Waals surface area contributed by atoms with Crippen molar-refractivity contribution in [3.63, 3.8) is 0 Å². The molecular weight excluding hydrogens is 180 g/mol. The number of rotatable bonds is 4. The number of ether oxygens (including phenoxy) is 2. The maximum Gasteiger partial charge on any atom is 0.508 e. The van der Waals surface area contributed by atoms with Crippen molar-refractivity contribution in [2.75, 3.05) is 13.2 Å². The Kier molecular flexibility index (Phi) is 29.1. The predicted octanol–water partition coefficient (Wildman–Crippen LogP) is 3.12. The third kappa shape index (κ3) is 22.5. The second-order valence-electron chi connectivity index (χ2n) is 1.45. The second-order valence-corrected chi connectivity index (χ2v) is 1.45. The summed E-state index contributed by atoms with van der Waals surface area (Å²) in [5, 5.41) is 0. The molecule has 0 spiro atoms. The molecule has 0 heterocycles. The molecule has 3 heteroatoms. The molecule has 0 bridgehead atoms. The van der Waals surface area contributed by atoms with Crippen molar-refractivity contribution in [2.45, 2.75) is 0 Å². The van der Waals surface area contributed by atoms with Gasteiger partial charge in [-0.2, -0.15) is 0 Å². The molecule has 0 atom stereocenters. The lowest BCUT2D eigenvalue weighted by Crippen LogP contribution is -2.06. The molecule has 80 valence electrons. The van der Waals surface area contributed by atoms with Crippen LogP contribution in [-0.4, -0.2) is 19.4 Å². The molecule has 0 unspecified atom stereocenters. The van der Waals surface area contributed by atoms with Crippen molar-refractivity contribution in [1.82, 2.24) is 0 Å². The lowest BCUT2D eigenvalue weighted by atomic mass is 10.7. The molecule has 0 fully saturated rings. The molecule has 0 saturated heterocycles. The smallest absolute Gasteiger partial charge is 0.430 e. The number of carbonyl (C=O) groups excluding carboxylic acids is 1. The zero-order valence-electron chi connectivity index (χ0n) is 8.54. The van der Waals surface area contributed by atoms with Crippen LogP contribution in [0.4, 0.5) is 4.79 Å². The first-order valence-corrected chi connectivity index (χ1v) is 3.82. The van der Waals surface area contributed by atoms with Crippen LogP contribution in [0, 0.1) is 0 Å². The highest BCUT2D eigenvalue weighted by Crippen LogP contribution is 1.84. The molecule has 0 aliphatic heterocycles. The van der Waals surface area contributed by atoms with E-state index in [1.165, 1.54) is 12.2 Å². The van der Waals surface area contributed by atoms with E-state index in [4.69, 9.17) is 0 Å². The number of carbonyl (C=O) groups is 1. The standard InChI is InChI=1S/C7H10O3.2C2H4/c1-3-5-9-7(8)10-6-4-2;2*1-2/h3-4H,1-2,5-6H2;2*1-2H2. The van der Waals surface area contributed by atoms with Gasteiger partial charge >= 0.3 is 6.16 Å². The van der Waals surface area contributed by atoms with Gasteiger partial charge in [0, 0.05) is 0 Å². The summed E-state index contributed by atoms with van der Waals surface area (Å²) in [6.45, 7) is 19.1. The fourth-order valence-electron chi connectivity index (χ4n) is 0.296. The molecule has 0 saturated carbocycles. The Hall–Kier alpha value is -1.77. The highest BCUT2D eigenvalue weighted by molar-refractivity contribution is 5.60. The number of hydrogen-bond donors (Lipinski definition) is 0. The fourth-order valence-corrected chi connectivity index (χ4v) is 0.296. The molecule has 14 heavy (non-hydrogen) atoms. The van der Waals surface area contributed by atoms with Crippen molar-refractivity contribution in [3.8, 4) is 0 Å². The van der Waals surface area contributed by atoms with Crippen LogP contribution in [0.5, 0.6) is 0 Å². The normalized spacial score (nSPS) is 6.29. The minimum absolute atomic E-state index is 0.177. The van der Waals surface area contributed by atoms with E-state index in [0.29, 0.717) is 0 Å². The SMILES string of the molecule is C=C.C=C.C=CCOC(=O)OCC=C. The van der Waals surface area contributed by atoms with Crippen molar-refractivity contribution in [1.29, 1.82) is 0 Å². The lowest BCUT2D eigenvalue weighted by molar-refractivity contribution is 0.0718. The van der Waals surface area contributed by atoms with Gasteiger partial charge in [0.25, 0.3) is 0 Å². The van der Waals surface area contributed by atoms with Gasteiger partial charge in [0.15, 0.2) is 0 Å². The van der Waals surface area contributed by atoms with Gasteiger partial charge in [0.05, 0.1) is 0 Å². The first kappa shape index (κ1) is 18.1. The van der Waals surface area contributed by atoms with Crippen molar-refractivity contribution < 1.29 is 14.3 Å². The van der Waals surface area contributed by atoms with Crippen LogP contribution < -0.4 is 0 Å². The van der Waals surface area contributed by atoms with E-state index in [-0.39, 0.29) is 13.2 Å². The summed E-state index contributed by atoms with van der Waals surface area (Å²) < 4.78 is 8.93. The van der Waals surface area contributed by atoms with Crippen molar-refractivity contribution in [3.05, 3.63) is 51.6 Å². The largest absolute Gasteiger partial charge is 0.508 e. The molecule has 0 rings (SSSR count). The zero-order valence-corrected chi connectivity index (χ0v) is 8.54. The van der Waals surface area contributed by atoms with Crippen LogP contribution in [0.3, 0.4) is 0 Å². The maximum absolute atomic E-state index is 10.4. The first-order chi connectivity index (χ1) is 6.81. The predicted molar refractivity (Wildman–Crippen MR) is 60.2 cm³/mol. The summed E-state index contributed by atoms with van der Waals surface area (Å²) in [5.74, 6) is 0. The summed E-state index contributed by atoms with van der Waals surface area (Å²) in [5.41, 5.74) is 0. The van der Waals surface area contributed by atoms with E-state index in [1.807, 2.05) is 0 Å². The van der Waals surface area contributed by atoms with Gasteiger partial charge in [-0.05, 0) is 0 Å². The Morgan fingerprint density at radius 1 is 0.929 bits per heavy atom. The minimum Gasteiger partial charge on any atom is -0.430 e. The molecule has 0 aromatic rings. The van der Waals surface area contributed by atoms with Crippen LogP contribution in [0.1, 0.15) is 0 Å². The molecule has 0 aromatic carbocycles. The molecule has 0 aliphatic rings. The lowest BCUT2D eigenvalue weighted by Gasteiger charge is -1.99. The highest BCUT2D eigenvalue weighted by Gasteiger charge is 1.97. The quantitative estimate of drug-likeness (QED) is 0.514. The van der Waals surface area contributed by atoms with Crippen molar-refractivity contribution in [2.24, 2.45) is 0 Å². The molecule has 0 aromatic heterocycles. The van der Waals surface area contributed by atoms with Crippen molar-refractivity contribution >= 4 is 6.16 Å². The maximum atomic E-state index is 10.4. The summed E-state index contributed by atoms with van der Waals surface area (Å²) in [6.07, 6.45) is 2.24. The molecule has 3 nitrogen and oxygen atoms in total. The second kappa shape index (κ2) is 22.5. The fraction of sp³-hybridized carbons (Fsp3) is 0.182. The first-order valence-electron chi connectivity index (χ1n) is 3.82. The molecule has 0 N–H and O–H groups in total.